The summed E-state index contributed by atoms with van der Waals surface area (Å²) in [6, 6.07) is 0.294. The summed E-state index contributed by atoms with van der Waals surface area (Å²) in [6.45, 7) is 2.95. The lowest BCUT2D eigenvalue weighted by Crippen LogP contribution is -2.55. The van der Waals surface area contributed by atoms with Crippen LogP contribution in [-0.2, 0) is 19.1 Å². The highest BCUT2D eigenvalue weighted by molar-refractivity contribution is 5.79. The van der Waals surface area contributed by atoms with Crippen LogP contribution >= 0.6 is 0 Å². The molecule has 5 atom stereocenters. The Morgan fingerprint density at radius 2 is 1.81 bits per heavy atom. The van der Waals surface area contributed by atoms with Gasteiger partial charge in [-0.3, -0.25) is 19.8 Å². The van der Waals surface area contributed by atoms with Crippen molar-refractivity contribution < 1.29 is 23.9 Å². The first-order chi connectivity index (χ1) is 15.2. The molecule has 6 aliphatic rings. The van der Waals surface area contributed by atoms with E-state index in [0.717, 1.165) is 58.0 Å². The summed E-state index contributed by atoms with van der Waals surface area (Å²) in [7, 11) is 0. The quantitative estimate of drug-likeness (QED) is 0.687. The van der Waals surface area contributed by atoms with E-state index >= 15 is 0 Å². The highest BCUT2D eigenvalue weighted by atomic mass is 16.7. The van der Waals surface area contributed by atoms with Gasteiger partial charge in [-0.05, 0) is 50.9 Å². The number of piperidine rings is 1. The lowest BCUT2D eigenvalue weighted by molar-refractivity contribution is -0.139. The zero-order chi connectivity index (χ0) is 20.9. The fourth-order valence-electron chi connectivity index (χ4n) is 6.21. The molecule has 0 spiro atoms. The second-order valence-electron chi connectivity index (χ2n) is 10.3. The topological polar surface area (TPSA) is 92.4 Å². The van der Waals surface area contributed by atoms with E-state index < -0.39 is 0 Å². The van der Waals surface area contributed by atoms with Gasteiger partial charge in [0.1, 0.15) is 12.3 Å². The molecule has 6 rings (SSSR count). The molecule has 0 aromatic carbocycles. The minimum Gasteiger partial charge on any atom is -0.444 e. The summed E-state index contributed by atoms with van der Waals surface area (Å²) in [5.41, 5.74) is 3.24. The molecule has 0 aromatic rings. The first kappa shape index (κ1) is 20.2. The maximum atomic E-state index is 12.5. The molecule has 4 heterocycles. The van der Waals surface area contributed by atoms with Crippen LogP contribution in [0.1, 0.15) is 51.4 Å². The molecule has 2 N–H and O–H groups in total. The van der Waals surface area contributed by atoms with Crippen molar-refractivity contribution in [2.24, 2.45) is 17.8 Å². The normalized spacial score (nSPS) is 39.7. The van der Waals surface area contributed by atoms with Gasteiger partial charge in [-0.15, -0.1) is 0 Å². The Morgan fingerprint density at radius 3 is 2.48 bits per heavy atom. The third-order valence-electron chi connectivity index (χ3n) is 8.50. The zero-order valence-corrected chi connectivity index (χ0v) is 18.0. The number of hydroxylamine groups is 1. The molecular formula is C22H34N4O5. The molecule has 0 aromatic heterocycles. The molecule has 9 nitrogen and oxygen atoms in total. The highest BCUT2D eigenvalue weighted by Gasteiger charge is 2.51. The molecule has 9 heteroatoms. The van der Waals surface area contributed by atoms with Crippen molar-refractivity contribution in [3.05, 3.63) is 0 Å². The number of amides is 2. The van der Waals surface area contributed by atoms with Gasteiger partial charge in [-0.2, -0.15) is 5.48 Å². The van der Waals surface area contributed by atoms with Crippen molar-refractivity contribution in [3.63, 3.8) is 0 Å². The van der Waals surface area contributed by atoms with Gasteiger partial charge in [0.25, 0.3) is 0 Å². The van der Waals surface area contributed by atoms with Crippen molar-refractivity contribution >= 4 is 12.0 Å². The zero-order valence-electron chi connectivity index (χ0n) is 18.0. The smallest absolute Gasteiger partial charge is 0.410 e. The van der Waals surface area contributed by atoms with Crippen molar-refractivity contribution in [3.8, 4) is 0 Å². The van der Waals surface area contributed by atoms with Gasteiger partial charge < -0.3 is 14.4 Å². The first-order valence-electron chi connectivity index (χ1n) is 12.2. The highest BCUT2D eigenvalue weighted by Crippen LogP contribution is 2.39. The number of rotatable bonds is 4. The third-order valence-corrected chi connectivity index (χ3v) is 8.50. The average Bonchev–Trinajstić information content (AvgIpc) is 3.31. The van der Waals surface area contributed by atoms with Gasteiger partial charge in [0.2, 0.25) is 5.91 Å². The van der Waals surface area contributed by atoms with Gasteiger partial charge in [-0.25, -0.2) is 4.79 Å². The minimum atomic E-state index is -0.177. The number of likely N-dealkylation sites (tertiary alicyclic amines) is 1. The Balaban J connectivity index is 1.01. The van der Waals surface area contributed by atoms with E-state index in [1.54, 1.807) is 0 Å². The van der Waals surface area contributed by atoms with Crippen LogP contribution in [0.25, 0.3) is 0 Å². The van der Waals surface area contributed by atoms with Crippen molar-refractivity contribution in [2.75, 3.05) is 26.3 Å². The van der Waals surface area contributed by atoms with E-state index in [1.807, 2.05) is 4.90 Å². The monoisotopic (exact) mass is 434 g/mol. The average molecular weight is 435 g/mol. The molecule has 4 saturated heterocycles. The van der Waals surface area contributed by atoms with E-state index in [9.17, 15) is 9.59 Å². The Labute approximate surface area is 183 Å². The number of ether oxygens (including phenoxy) is 2. The number of nitrogens with one attached hydrogen (secondary N) is 2. The van der Waals surface area contributed by atoms with Gasteiger partial charge in [0, 0.05) is 24.9 Å². The van der Waals surface area contributed by atoms with E-state index in [-0.39, 0.29) is 36.7 Å². The van der Waals surface area contributed by atoms with Crippen LogP contribution in [0.3, 0.4) is 0 Å². The lowest BCUT2D eigenvalue weighted by atomic mass is 9.81. The SMILES string of the molecule is O=C(C1CCC1)N1CCC(C2NOC(C3CCC4OC(=O)N(C5COC5)C4C3)N2)CC1. The van der Waals surface area contributed by atoms with Gasteiger partial charge in [0.15, 0.2) is 0 Å². The van der Waals surface area contributed by atoms with Gasteiger partial charge in [-0.1, -0.05) is 6.42 Å². The molecule has 2 amide bonds. The van der Waals surface area contributed by atoms with E-state index in [0.29, 0.717) is 36.9 Å². The first-order valence-corrected chi connectivity index (χ1v) is 12.2. The number of hydrogen-bond donors (Lipinski definition) is 2. The number of carbonyl (C=O) groups excluding carboxylic acids is 2. The summed E-state index contributed by atoms with van der Waals surface area (Å²) >= 11 is 0. The molecule has 0 bridgehead atoms. The largest absolute Gasteiger partial charge is 0.444 e. The molecule has 2 saturated carbocycles. The summed E-state index contributed by atoms with van der Waals surface area (Å²) in [5, 5.41) is 3.68. The molecule has 5 unspecified atom stereocenters. The third kappa shape index (κ3) is 3.63. The van der Waals surface area contributed by atoms with Crippen LogP contribution in [0.5, 0.6) is 0 Å². The summed E-state index contributed by atoms with van der Waals surface area (Å²) in [4.78, 5) is 34.9. The lowest BCUT2D eigenvalue weighted by Gasteiger charge is -2.41. The number of carbonyl (C=O) groups is 2. The fourth-order valence-corrected chi connectivity index (χ4v) is 6.21. The second-order valence-corrected chi connectivity index (χ2v) is 10.3. The Bertz CT molecular complexity index is 706. The Kier molecular flexibility index (Phi) is 5.33. The molecule has 6 fully saturated rings. The summed E-state index contributed by atoms with van der Waals surface area (Å²) in [6.07, 6.45) is 8.05. The minimum absolute atomic E-state index is 0.00652. The molecular weight excluding hydrogens is 400 g/mol. The fraction of sp³-hybridized carbons (Fsp3) is 0.909. The van der Waals surface area contributed by atoms with E-state index in [4.69, 9.17) is 14.3 Å². The van der Waals surface area contributed by atoms with Gasteiger partial charge in [0.05, 0.1) is 31.5 Å². The van der Waals surface area contributed by atoms with Gasteiger partial charge >= 0.3 is 6.09 Å². The van der Waals surface area contributed by atoms with E-state index in [2.05, 4.69) is 15.7 Å². The maximum Gasteiger partial charge on any atom is 0.410 e. The molecule has 2 aliphatic carbocycles. The van der Waals surface area contributed by atoms with Crippen LogP contribution in [-0.4, -0.2) is 78.7 Å². The number of nitrogens with zero attached hydrogens (tertiary/aromatic N) is 2. The van der Waals surface area contributed by atoms with Crippen LogP contribution < -0.4 is 10.8 Å². The van der Waals surface area contributed by atoms with Crippen LogP contribution in [0.15, 0.2) is 0 Å². The van der Waals surface area contributed by atoms with Crippen LogP contribution in [0, 0.1) is 17.8 Å². The van der Waals surface area contributed by atoms with Crippen molar-refractivity contribution in [2.45, 2.75) is 81.9 Å². The summed E-state index contributed by atoms with van der Waals surface area (Å²) in [5.74, 6) is 1.47. The predicted molar refractivity (Wildman–Crippen MR) is 109 cm³/mol. The molecule has 4 aliphatic heterocycles. The maximum absolute atomic E-state index is 12.5. The second kappa shape index (κ2) is 8.17. The number of hydrogen-bond acceptors (Lipinski definition) is 7. The molecule has 0 radical (unpaired) electrons. The summed E-state index contributed by atoms with van der Waals surface area (Å²) < 4.78 is 10.9. The van der Waals surface area contributed by atoms with Crippen LogP contribution in [0.4, 0.5) is 4.79 Å². The number of fused-ring (bicyclic) bond motifs is 1. The predicted octanol–water partition coefficient (Wildman–Crippen LogP) is 1.19. The van der Waals surface area contributed by atoms with Crippen molar-refractivity contribution in [1.82, 2.24) is 20.6 Å². The van der Waals surface area contributed by atoms with E-state index in [1.165, 1.54) is 6.42 Å². The Morgan fingerprint density at radius 1 is 1.00 bits per heavy atom. The Hall–Kier alpha value is -1.42. The molecule has 31 heavy (non-hydrogen) atoms. The van der Waals surface area contributed by atoms with Crippen LogP contribution in [0.2, 0.25) is 0 Å². The molecule has 172 valence electrons. The van der Waals surface area contributed by atoms with Crippen molar-refractivity contribution in [1.29, 1.82) is 0 Å². The standard InChI is InChI=1S/C22H34N4O5/c27-21(14-2-1-3-14)25-8-6-13(7-9-25)19-23-20(31-24-19)15-4-5-18-17(10-15)26(22(28)30-18)16-11-29-12-16/h13-20,23-24H,1-12H2.